The highest BCUT2D eigenvalue weighted by Crippen LogP contribution is 2.26. The van der Waals surface area contributed by atoms with Crippen LogP contribution in [0.3, 0.4) is 0 Å². The molecule has 0 aliphatic rings. The zero-order valence-corrected chi connectivity index (χ0v) is 11.8. The summed E-state index contributed by atoms with van der Waals surface area (Å²) in [7, 11) is 1.52. The molecule has 1 heterocycles. The third-order valence-electron chi connectivity index (χ3n) is 2.88. The van der Waals surface area contributed by atoms with Crippen molar-refractivity contribution in [2.24, 2.45) is 0 Å². The molecule has 6 nitrogen and oxygen atoms in total. The molecule has 0 radical (unpaired) electrons. The van der Waals surface area contributed by atoms with Crippen LogP contribution in [0, 0.1) is 0 Å². The quantitative estimate of drug-likeness (QED) is 0.852. The predicted octanol–water partition coefficient (Wildman–Crippen LogP) is 2.65. The van der Waals surface area contributed by atoms with Gasteiger partial charge in [-0.25, -0.2) is 9.78 Å². The number of rotatable bonds is 5. The molecule has 0 aliphatic heterocycles. The molecule has 0 saturated heterocycles. The third-order valence-corrected chi connectivity index (χ3v) is 2.88. The van der Waals surface area contributed by atoms with Crippen molar-refractivity contribution in [1.29, 1.82) is 0 Å². The van der Waals surface area contributed by atoms with Gasteiger partial charge in [0, 0.05) is 17.9 Å². The van der Waals surface area contributed by atoms with Crippen molar-refractivity contribution in [3.63, 3.8) is 0 Å². The Morgan fingerprint density at radius 1 is 1.29 bits per heavy atom. The number of benzene rings is 1. The maximum atomic E-state index is 11.6. The number of hydrogen-bond donors (Lipinski definition) is 1. The minimum absolute atomic E-state index is 0.142. The lowest BCUT2D eigenvalue weighted by atomic mass is 10.1. The van der Waals surface area contributed by atoms with Crippen LogP contribution < -0.4 is 9.47 Å². The zero-order chi connectivity index (χ0) is 15.4. The monoisotopic (exact) mass is 289 g/mol. The van der Waals surface area contributed by atoms with Gasteiger partial charge in [-0.15, -0.1) is 0 Å². The molecule has 0 amide bonds. The van der Waals surface area contributed by atoms with E-state index in [4.69, 9.17) is 9.47 Å². The van der Waals surface area contributed by atoms with Gasteiger partial charge in [-0.3, -0.25) is 4.79 Å². The van der Waals surface area contributed by atoms with Crippen LogP contribution in [0.4, 0.5) is 0 Å². The number of nitrogens with zero attached hydrogens (tertiary/aromatic N) is 1. The molecule has 2 aromatic rings. The summed E-state index contributed by atoms with van der Waals surface area (Å²) in [5, 5.41) is 9.84. The van der Waals surface area contributed by atoms with Crippen LogP contribution in [0.1, 0.15) is 30.1 Å². The van der Waals surface area contributed by atoms with Crippen LogP contribution in [0.5, 0.6) is 11.6 Å². The number of methoxy groups -OCH3 is 1. The number of carboxylic acid groups (broad SMARTS) is 1. The third kappa shape index (κ3) is 3.28. The molecule has 0 saturated carbocycles. The van der Waals surface area contributed by atoms with E-state index in [2.05, 4.69) is 4.98 Å². The Bertz CT molecular complexity index is 696. The van der Waals surface area contributed by atoms with Gasteiger partial charge in [0.1, 0.15) is 11.3 Å². The Kier molecular flexibility index (Phi) is 4.37. The second kappa shape index (κ2) is 6.21. The number of carbonyl (C=O) groups is 2. The van der Waals surface area contributed by atoms with E-state index in [0.29, 0.717) is 23.1 Å². The molecular formula is C15H15NO5. The van der Waals surface area contributed by atoms with Crippen LogP contribution in [-0.4, -0.2) is 29.1 Å². The van der Waals surface area contributed by atoms with E-state index < -0.39 is 11.9 Å². The van der Waals surface area contributed by atoms with E-state index in [1.54, 1.807) is 18.2 Å². The van der Waals surface area contributed by atoms with E-state index in [0.717, 1.165) is 0 Å². The molecule has 0 atom stereocenters. The summed E-state index contributed by atoms with van der Waals surface area (Å²) in [4.78, 5) is 27.0. The number of pyridine rings is 1. The maximum absolute atomic E-state index is 11.6. The molecule has 0 unspecified atom stereocenters. The molecule has 0 aliphatic carbocycles. The molecule has 0 fully saturated rings. The van der Waals surface area contributed by atoms with E-state index >= 15 is 0 Å². The van der Waals surface area contributed by atoms with Crippen molar-refractivity contribution >= 4 is 22.8 Å². The number of fused-ring (bicyclic) bond motifs is 1. The van der Waals surface area contributed by atoms with Crippen molar-refractivity contribution in [2.75, 3.05) is 7.11 Å². The second-order valence-electron chi connectivity index (χ2n) is 4.43. The second-order valence-corrected chi connectivity index (χ2v) is 4.43. The van der Waals surface area contributed by atoms with Crippen molar-refractivity contribution < 1.29 is 24.2 Å². The van der Waals surface area contributed by atoms with Gasteiger partial charge < -0.3 is 14.6 Å². The van der Waals surface area contributed by atoms with Gasteiger partial charge in [-0.05, 0) is 24.6 Å². The van der Waals surface area contributed by atoms with Gasteiger partial charge in [-0.1, -0.05) is 6.92 Å². The zero-order valence-electron chi connectivity index (χ0n) is 11.8. The van der Waals surface area contributed by atoms with Crippen LogP contribution in [-0.2, 0) is 4.79 Å². The molecule has 6 heteroatoms. The lowest BCUT2D eigenvalue weighted by Crippen LogP contribution is -2.12. The standard InChI is InChI=1S/C15H15NO5/c1-3-4-13(17)21-14-11(15(18)19)7-9-5-6-10(20-2)8-12(9)16-14/h5-8H,3-4H2,1-2H3,(H,18,19). The number of carbonyl (C=O) groups excluding carboxylic acids is 1. The molecule has 110 valence electrons. The van der Waals surface area contributed by atoms with Gasteiger partial charge in [-0.2, -0.15) is 0 Å². The first-order valence-corrected chi connectivity index (χ1v) is 6.48. The Morgan fingerprint density at radius 2 is 2.05 bits per heavy atom. The minimum Gasteiger partial charge on any atom is -0.497 e. The smallest absolute Gasteiger partial charge is 0.341 e. The highest BCUT2D eigenvalue weighted by Gasteiger charge is 2.17. The molecule has 2 rings (SSSR count). The fraction of sp³-hybridized carbons (Fsp3) is 0.267. The van der Waals surface area contributed by atoms with E-state index in [1.165, 1.54) is 13.2 Å². The highest BCUT2D eigenvalue weighted by atomic mass is 16.5. The summed E-state index contributed by atoms with van der Waals surface area (Å²) in [6, 6.07) is 6.49. The fourth-order valence-corrected chi connectivity index (χ4v) is 1.85. The molecule has 0 spiro atoms. The number of hydrogen-bond acceptors (Lipinski definition) is 5. The molecule has 21 heavy (non-hydrogen) atoms. The van der Waals surface area contributed by atoms with Crippen LogP contribution in [0.2, 0.25) is 0 Å². The summed E-state index contributed by atoms with van der Waals surface area (Å²) in [6.07, 6.45) is 0.819. The largest absolute Gasteiger partial charge is 0.497 e. The summed E-state index contributed by atoms with van der Waals surface area (Å²) >= 11 is 0. The lowest BCUT2D eigenvalue weighted by molar-refractivity contribution is -0.134. The summed E-state index contributed by atoms with van der Waals surface area (Å²) in [5.74, 6) is -1.31. The van der Waals surface area contributed by atoms with Gasteiger partial charge in [0.25, 0.3) is 0 Å². The van der Waals surface area contributed by atoms with Gasteiger partial charge in [0.2, 0.25) is 5.88 Å². The van der Waals surface area contributed by atoms with Crippen LogP contribution >= 0.6 is 0 Å². The SMILES string of the molecule is CCCC(=O)Oc1nc2cc(OC)ccc2cc1C(=O)O. The number of ether oxygens (including phenoxy) is 2. The Morgan fingerprint density at radius 3 is 2.67 bits per heavy atom. The summed E-state index contributed by atoms with van der Waals surface area (Å²) in [6.45, 7) is 1.83. The summed E-state index contributed by atoms with van der Waals surface area (Å²) < 4.78 is 10.2. The van der Waals surface area contributed by atoms with Gasteiger partial charge >= 0.3 is 11.9 Å². The van der Waals surface area contributed by atoms with Crippen LogP contribution in [0.15, 0.2) is 24.3 Å². The topological polar surface area (TPSA) is 85.7 Å². The normalized spacial score (nSPS) is 10.4. The molecule has 1 aromatic heterocycles. The van der Waals surface area contributed by atoms with E-state index in [1.807, 2.05) is 6.92 Å². The first kappa shape index (κ1) is 14.8. The predicted molar refractivity (Wildman–Crippen MR) is 75.8 cm³/mol. The first-order valence-electron chi connectivity index (χ1n) is 6.48. The average molecular weight is 289 g/mol. The van der Waals surface area contributed by atoms with E-state index in [9.17, 15) is 14.7 Å². The van der Waals surface area contributed by atoms with Crippen molar-refractivity contribution in [2.45, 2.75) is 19.8 Å². The number of esters is 1. The first-order chi connectivity index (χ1) is 10.0. The number of aromatic carboxylic acids is 1. The minimum atomic E-state index is -1.19. The molecule has 1 aromatic carbocycles. The molecule has 0 bridgehead atoms. The Hall–Kier alpha value is -2.63. The number of aromatic nitrogens is 1. The Balaban J connectivity index is 2.51. The molecule has 1 N–H and O–H groups in total. The number of carboxylic acids is 1. The Labute approximate surface area is 121 Å². The van der Waals surface area contributed by atoms with Crippen LogP contribution in [0.25, 0.3) is 10.9 Å². The lowest BCUT2D eigenvalue weighted by Gasteiger charge is -2.08. The highest BCUT2D eigenvalue weighted by molar-refractivity contribution is 5.96. The average Bonchev–Trinajstić information content (AvgIpc) is 2.45. The van der Waals surface area contributed by atoms with E-state index in [-0.39, 0.29) is 17.9 Å². The van der Waals surface area contributed by atoms with Gasteiger partial charge in [0.15, 0.2) is 0 Å². The van der Waals surface area contributed by atoms with Crippen molar-refractivity contribution in [3.05, 3.63) is 29.8 Å². The fourth-order valence-electron chi connectivity index (χ4n) is 1.85. The van der Waals surface area contributed by atoms with Crippen molar-refractivity contribution in [1.82, 2.24) is 4.98 Å². The maximum Gasteiger partial charge on any atom is 0.341 e. The molecular weight excluding hydrogens is 274 g/mol. The van der Waals surface area contributed by atoms with Crippen molar-refractivity contribution in [3.8, 4) is 11.6 Å². The van der Waals surface area contributed by atoms with Gasteiger partial charge in [0.05, 0.1) is 12.6 Å². The summed E-state index contributed by atoms with van der Waals surface area (Å²) in [5.41, 5.74) is 0.357.